The van der Waals surface area contributed by atoms with Crippen molar-refractivity contribution in [2.45, 2.75) is 57.8 Å². The summed E-state index contributed by atoms with van der Waals surface area (Å²) in [7, 11) is 0. The number of allylic oxidation sites excluding steroid dienone is 1. The summed E-state index contributed by atoms with van der Waals surface area (Å²) in [5, 5.41) is 0. The van der Waals surface area contributed by atoms with E-state index in [1.165, 1.54) is 60.6 Å². The van der Waals surface area contributed by atoms with E-state index in [9.17, 15) is 0 Å². The smallest absolute Gasteiger partial charge is 0.0162 e. The summed E-state index contributed by atoms with van der Waals surface area (Å²) in [6.07, 6.45) is 11.9. The minimum atomic E-state index is 0.618. The lowest BCUT2D eigenvalue weighted by Crippen LogP contribution is -1.95. The van der Waals surface area contributed by atoms with E-state index in [1.54, 1.807) is 0 Å². The van der Waals surface area contributed by atoms with Gasteiger partial charge in [0.05, 0.1) is 0 Å². The quantitative estimate of drug-likeness (QED) is 0.521. The molecule has 0 radical (unpaired) electrons. The number of hydrogen-bond donors (Lipinski definition) is 0. The van der Waals surface area contributed by atoms with E-state index >= 15 is 0 Å². The lowest BCUT2D eigenvalue weighted by molar-refractivity contribution is 0.573. The molecular weight excluding hydrogens is 284 g/mol. The van der Waals surface area contributed by atoms with Crippen molar-refractivity contribution < 1.29 is 0 Å². The highest BCUT2D eigenvalue weighted by atomic mass is 79.9. The highest BCUT2D eigenvalue weighted by Gasteiger charge is 2.22. The maximum atomic E-state index is 3.74. The number of halogens is 1. The van der Waals surface area contributed by atoms with Gasteiger partial charge in [-0.25, -0.2) is 0 Å². The SMILES string of the molecule is CCCCCCCCC1C(Br)=Cc2ccccc21. The first-order valence-electron chi connectivity index (χ1n) is 7.29. The number of fused-ring (bicyclic) bond motifs is 1. The Morgan fingerprint density at radius 1 is 1.00 bits per heavy atom. The summed E-state index contributed by atoms with van der Waals surface area (Å²) in [5.41, 5.74) is 2.92. The molecular formula is C17H23Br. The van der Waals surface area contributed by atoms with E-state index in [4.69, 9.17) is 0 Å². The molecule has 0 spiro atoms. The molecule has 98 valence electrons. The van der Waals surface area contributed by atoms with Gasteiger partial charge in [0.25, 0.3) is 0 Å². The fourth-order valence-corrected chi connectivity index (χ4v) is 3.50. The van der Waals surface area contributed by atoms with Crippen LogP contribution < -0.4 is 0 Å². The lowest BCUT2D eigenvalue weighted by atomic mass is 9.94. The Kier molecular flexibility index (Phi) is 5.49. The molecule has 1 heteroatoms. The van der Waals surface area contributed by atoms with Crippen LogP contribution in [0.5, 0.6) is 0 Å². The van der Waals surface area contributed by atoms with Gasteiger partial charge < -0.3 is 0 Å². The summed E-state index contributed by atoms with van der Waals surface area (Å²) in [5.74, 6) is 0.618. The van der Waals surface area contributed by atoms with Crippen molar-refractivity contribution in [3.63, 3.8) is 0 Å². The second kappa shape index (κ2) is 7.13. The Balaban J connectivity index is 1.78. The largest absolute Gasteiger partial charge is 0.0654 e. The van der Waals surface area contributed by atoms with Crippen LogP contribution in [0, 0.1) is 0 Å². The van der Waals surface area contributed by atoms with E-state index in [1.807, 2.05) is 0 Å². The van der Waals surface area contributed by atoms with Crippen LogP contribution >= 0.6 is 15.9 Å². The number of hydrogen-bond acceptors (Lipinski definition) is 0. The van der Waals surface area contributed by atoms with Gasteiger partial charge in [-0.3, -0.25) is 0 Å². The van der Waals surface area contributed by atoms with E-state index in [2.05, 4.69) is 53.2 Å². The molecule has 0 nitrogen and oxygen atoms in total. The minimum Gasteiger partial charge on any atom is -0.0654 e. The van der Waals surface area contributed by atoms with Gasteiger partial charge in [0.1, 0.15) is 0 Å². The summed E-state index contributed by atoms with van der Waals surface area (Å²) >= 11 is 3.74. The highest BCUT2D eigenvalue weighted by Crippen LogP contribution is 2.42. The molecule has 1 aliphatic rings. The van der Waals surface area contributed by atoms with E-state index in [0.29, 0.717) is 5.92 Å². The zero-order valence-electron chi connectivity index (χ0n) is 11.3. The third kappa shape index (κ3) is 3.47. The third-order valence-electron chi connectivity index (χ3n) is 3.84. The molecule has 18 heavy (non-hydrogen) atoms. The molecule has 1 aromatic carbocycles. The normalized spacial score (nSPS) is 17.7. The van der Waals surface area contributed by atoms with Crippen molar-refractivity contribution in [2.24, 2.45) is 0 Å². The van der Waals surface area contributed by atoms with Gasteiger partial charge in [-0.05, 0) is 23.6 Å². The Morgan fingerprint density at radius 3 is 2.56 bits per heavy atom. The number of rotatable bonds is 7. The van der Waals surface area contributed by atoms with Gasteiger partial charge in [0, 0.05) is 10.4 Å². The second-order valence-corrected chi connectivity index (χ2v) is 6.18. The summed E-state index contributed by atoms with van der Waals surface area (Å²) in [4.78, 5) is 0. The average Bonchev–Trinajstić information content (AvgIpc) is 2.70. The van der Waals surface area contributed by atoms with Gasteiger partial charge in [0.2, 0.25) is 0 Å². The molecule has 0 aliphatic heterocycles. The predicted octanol–water partition coefficient (Wildman–Crippen LogP) is 6.27. The van der Waals surface area contributed by atoms with Crippen molar-refractivity contribution in [3.8, 4) is 0 Å². The summed E-state index contributed by atoms with van der Waals surface area (Å²) < 4.78 is 1.37. The maximum Gasteiger partial charge on any atom is 0.0162 e. The molecule has 0 saturated heterocycles. The first kappa shape index (κ1) is 13.9. The molecule has 0 heterocycles. The van der Waals surface area contributed by atoms with Crippen LogP contribution in [-0.4, -0.2) is 0 Å². The highest BCUT2D eigenvalue weighted by molar-refractivity contribution is 9.11. The van der Waals surface area contributed by atoms with Crippen molar-refractivity contribution in [3.05, 3.63) is 39.9 Å². The fraction of sp³-hybridized carbons (Fsp3) is 0.529. The Hall–Kier alpha value is -0.560. The van der Waals surface area contributed by atoms with Crippen molar-refractivity contribution in [1.82, 2.24) is 0 Å². The van der Waals surface area contributed by atoms with E-state index in [-0.39, 0.29) is 0 Å². The number of unbranched alkanes of at least 4 members (excludes halogenated alkanes) is 5. The van der Waals surface area contributed by atoms with Crippen LogP contribution in [-0.2, 0) is 0 Å². The second-order valence-electron chi connectivity index (χ2n) is 5.27. The molecule has 1 aliphatic carbocycles. The molecule has 0 N–H and O–H groups in total. The lowest BCUT2D eigenvalue weighted by Gasteiger charge is -2.13. The first-order chi connectivity index (χ1) is 8.83. The van der Waals surface area contributed by atoms with Gasteiger partial charge in [-0.15, -0.1) is 0 Å². The van der Waals surface area contributed by atoms with Gasteiger partial charge in [0.15, 0.2) is 0 Å². The van der Waals surface area contributed by atoms with Crippen molar-refractivity contribution in [2.75, 3.05) is 0 Å². The Morgan fingerprint density at radius 2 is 1.72 bits per heavy atom. The van der Waals surface area contributed by atoms with Crippen LogP contribution in [0.1, 0.15) is 68.9 Å². The fourth-order valence-electron chi connectivity index (χ4n) is 2.78. The number of benzene rings is 1. The molecule has 0 saturated carbocycles. The predicted molar refractivity (Wildman–Crippen MR) is 84.1 cm³/mol. The Bertz CT molecular complexity index is 406. The zero-order valence-corrected chi connectivity index (χ0v) is 12.9. The maximum absolute atomic E-state index is 3.74. The summed E-state index contributed by atoms with van der Waals surface area (Å²) in [6, 6.07) is 8.79. The molecule has 2 rings (SSSR count). The topological polar surface area (TPSA) is 0 Å². The minimum absolute atomic E-state index is 0.618. The van der Waals surface area contributed by atoms with Crippen LogP contribution in [0.15, 0.2) is 28.7 Å². The molecule has 0 aromatic heterocycles. The van der Waals surface area contributed by atoms with Crippen molar-refractivity contribution >= 4 is 22.0 Å². The third-order valence-corrected chi connectivity index (χ3v) is 4.63. The molecule has 0 fully saturated rings. The monoisotopic (exact) mass is 306 g/mol. The van der Waals surface area contributed by atoms with Crippen LogP contribution in [0.25, 0.3) is 6.08 Å². The Labute approximate surface area is 120 Å². The van der Waals surface area contributed by atoms with Crippen LogP contribution in [0.4, 0.5) is 0 Å². The van der Waals surface area contributed by atoms with Gasteiger partial charge in [-0.1, -0.05) is 85.6 Å². The van der Waals surface area contributed by atoms with Crippen LogP contribution in [0.2, 0.25) is 0 Å². The van der Waals surface area contributed by atoms with Gasteiger partial charge in [-0.2, -0.15) is 0 Å². The average molecular weight is 307 g/mol. The van der Waals surface area contributed by atoms with E-state index in [0.717, 1.165) is 0 Å². The molecule has 0 bridgehead atoms. The van der Waals surface area contributed by atoms with Gasteiger partial charge >= 0.3 is 0 Å². The van der Waals surface area contributed by atoms with Crippen LogP contribution in [0.3, 0.4) is 0 Å². The van der Waals surface area contributed by atoms with Crippen molar-refractivity contribution in [1.29, 1.82) is 0 Å². The summed E-state index contributed by atoms with van der Waals surface area (Å²) in [6.45, 7) is 2.28. The zero-order chi connectivity index (χ0) is 12.8. The molecule has 1 aromatic rings. The van der Waals surface area contributed by atoms with E-state index < -0.39 is 0 Å². The first-order valence-corrected chi connectivity index (χ1v) is 8.08. The molecule has 0 amide bonds. The standard InChI is InChI=1S/C17H23Br/c1-2-3-4-5-6-7-12-16-15-11-9-8-10-14(15)13-17(16)18/h8-11,13,16H,2-7,12H2,1H3. The molecule has 1 atom stereocenters. The molecule has 1 unspecified atom stereocenters.